The van der Waals surface area contributed by atoms with Crippen molar-refractivity contribution in [1.29, 1.82) is 0 Å². The molecule has 0 fully saturated rings. The van der Waals surface area contributed by atoms with Crippen molar-refractivity contribution in [2.24, 2.45) is 0 Å². The molecular formula is C22H15F3N2O2S. The molecule has 0 unspecified atom stereocenters. The normalized spacial score (nSPS) is 14.6. The Bertz CT molecular complexity index is 1170. The van der Waals surface area contributed by atoms with E-state index >= 15 is 0 Å². The fourth-order valence-corrected chi connectivity index (χ4v) is 4.01. The maximum Gasteiger partial charge on any atom is 0.416 e. The maximum absolute atomic E-state index is 13.2. The second-order valence-corrected chi connectivity index (χ2v) is 7.61. The van der Waals surface area contributed by atoms with E-state index in [1.54, 1.807) is 48.7 Å². The Labute approximate surface area is 174 Å². The van der Waals surface area contributed by atoms with E-state index in [1.807, 2.05) is 0 Å². The lowest BCUT2D eigenvalue weighted by molar-refractivity contribution is -0.137. The third-order valence-electron chi connectivity index (χ3n) is 4.67. The number of carbonyl (C=O) groups is 2. The third-order valence-corrected chi connectivity index (χ3v) is 5.55. The van der Waals surface area contributed by atoms with Crippen molar-refractivity contribution in [3.63, 3.8) is 0 Å². The van der Waals surface area contributed by atoms with Crippen molar-refractivity contribution in [2.45, 2.75) is 13.1 Å². The van der Waals surface area contributed by atoms with Crippen LogP contribution in [-0.2, 0) is 15.8 Å². The van der Waals surface area contributed by atoms with Gasteiger partial charge in [-0.1, -0.05) is 30.3 Å². The van der Waals surface area contributed by atoms with Gasteiger partial charge in [0, 0.05) is 10.6 Å². The van der Waals surface area contributed by atoms with Crippen LogP contribution in [0.1, 0.15) is 16.0 Å². The number of halogens is 3. The highest BCUT2D eigenvalue weighted by Crippen LogP contribution is 2.37. The van der Waals surface area contributed by atoms with Gasteiger partial charge < -0.3 is 5.32 Å². The van der Waals surface area contributed by atoms with Gasteiger partial charge in [0.05, 0.1) is 16.8 Å². The second-order valence-electron chi connectivity index (χ2n) is 6.66. The summed E-state index contributed by atoms with van der Waals surface area (Å²) >= 11 is 1.27. The largest absolute Gasteiger partial charge is 0.416 e. The smallest absolute Gasteiger partial charge is 0.350 e. The van der Waals surface area contributed by atoms with Gasteiger partial charge in [-0.05, 0) is 48.2 Å². The van der Waals surface area contributed by atoms with Crippen LogP contribution in [0.4, 0.5) is 24.5 Å². The fraction of sp³-hybridized carbons (Fsp3) is 0.0909. The predicted octanol–water partition coefficient (Wildman–Crippen LogP) is 5.47. The van der Waals surface area contributed by atoms with Crippen LogP contribution >= 0.6 is 11.3 Å². The molecule has 4 rings (SSSR count). The molecule has 2 aromatic carbocycles. The van der Waals surface area contributed by atoms with Gasteiger partial charge in [0.25, 0.3) is 11.8 Å². The number of rotatable bonds is 4. The number of alkyl halides is 3. The molecule has 0 spiro atoms. The monoisotopic (exact) mass is 428 g/mol. The number of carbonyl (C=O) groups excluding carboxylic acids is 2. The number of benzene rings is 2. The first-order chi connectivity index (χ1) is 14.3. The van der Waals surface area contributed by atoms with E-state index in [0.29, 0.717) is 10.6 Å². The molecule has 8 heteroatoms. The molecule has 1 N–H and O–H groups in total. The Hall–Kier alpha value is -3.39. The Morgan fingerprint density at radius 1 is 0.933 bits per heavy atom. The van der Waals surface area contributed by atoms with Crippen molar-refractivity contribution in [2.75, 3.05) is 10.2 Å². The first kappa shape index (κ1) is 19.9. The number of amides is 2. The number of anilines is 2. The molecule has 0 atom stereocenters. The molecule has 152 valence electrons. The van der Waals surface area contributed by atoms with E-state index < -0.39 is 23.6 Å². The molecule has 0 bridgehead atoms. The summed E-state index contributed by atoms with van der Waals surface area (Å²) in [5, 5.41) is 4.53. The predicted molar refractivity (Wildman–Crippen MR) is 110 cm³/mol. The zero-order valence-electron chi connectivity index (χ0n) is 15.7. The number of para-hydroxylation sites is 1. The quantitative estimate of drug-likeness (QED) is 0.561. The zero-order valence-corrected chi connectivity index (χ0v) is 16.5. The summed E-state index contributed by atoms with van der Waals surface area (Å²) in [5.74, 6) is -1.14. The minimum absolute atomic E-state index is 0.0509. The molecule has 1 aromatic heterocycles. The van der Waals surface area contributed by atoms with Crippen molar-refractivity contribution >= 4 is 40.1 Å². The standard InChI is InChI=1S/C22H15F3N2O2S/c1-13-6-2-3-9-16(13)27-20(28)18(17-10-5-11-30-17)19(21(27)29)26-15-8-4-7-14(12-15)22(23,24)25/h2-12,26H,1H3. The fourth-order valence-electron chi connectivity index (χ4n) is 3.25. The number of aryl methyl sites for hydroxylation is 1. The molecule has 30 heavy (non-hydrogen) atoms. The lowest BCUT2D eigenvalue weighted by Crippen LogP contribution is -2.32. The van der Waals surface area contributed by atoms with Crippen LogP contribution in [0.25, 0.3) is 5.57 Å². The lowest BCUT2D eigenvalue weighted by Gasteiger charge is -2.17. The molecule has 4 nitrogen and oxygen atoms in total. The maximum atomic E-state index is 13.2. The number of hydrogen-bond donors (Lipinski definition) is 1. The minimum Gasteiger partial charge on any atom is -0.350 e. The van der Waals surface area contributed by atoms with E-state index in [2.05, 4.69) is 5.32 Å². The molecule has 2 amide bonds. The van der Waals surface area contributed by atoms with Gasteiger partial charge in [0.15, 0.2) is 0 Å². The summed E-state index contributed by atoms with van der Waals surface area (Å²) in [5.41, 5.74) is 0.466. The summed E-state index contributed by atoms with van der Waals surface area (Å²) in [4.78, 5) is 28.1. The highest BCUT2D eigenvalue weighted by Gasteiger charge is 2.41. The van der Waals surface area contributed by atoms with Crippen molar-refractivity contribution in [3.8, 4) is 0 Å². The summed E-state index contributed by atoms with van der Waals surface area (Å²) in [6.07, 6.45) is -4.52. The highest BCUT2D eigenvalue weighted by atomic mass is 32.1. The van der Waals surface area contributed by atoms with Crippen LogP contribution in [0.15, 0.2) is 71.7 Å². The lowest BCUT2D eigenvalue weighted by atomic mass is 10.1. The average Bonchev–Trinajstić information content (AvgIpc) is 3.30. The number of nitrogens with zero attached hydrogens (tertiary/aromatic N) is 1. The Morgan fingerprint density at radius 2 is 1.70 bits per heavy atom. The van der Waals surface area contributed by atoms with Crippen LogP contribution in [0.5, 0.6) is 0 Å². The van der Waals surface area contributed by atoms with Gasteiger partial charge in [0.2, 0.25) is 0 Å². The molecule has 0 saturated carbocycles. The summed E-state index contributed by atoms with van der Waals surface area (Å²) in [6.45, 7) is 1.78. The van der Waals surface area contributed by atoms with Gasteiger partial charge in [-0.25, -0.2) is 4.90 Å². The van der Waals surface area contributed by atoms with Crippen LogP contribution in [0.2, 0.25) is 0 Å². The first-order valence-electron chi connectivity index (χ1n) is 8.94. The van der Waals surface area contributed by atoms with Crippen LogP contribution in [0.3, 0.4) is 0 Å². The second kappa shape index (κ2) is 7.46. The zero-order chi connectivity index (χ0) is 21.5. The van der Waals surface area contributed by atoms with Gasteiger partial charge in [-0.15, -0.1) is 11.3 Å². The topological polar surface area (TPSA) is 49.4 Å². The summed E-state index contributed by atoms with van der Waals surface area (Å²) in [6, 6.07) is 14.9. The number of imide groups is 1. The van der Waals surface area contributed by atoms with E-state index in [-0.39, 0.29) is 17.0 Å². The third kappa shape index (κ3) is 3.50. The van der Waals surface area contributed by atoms with Crippen molar-refractivity contribution in [1.82, 2.24) is 0 Å². The minimum atomic E-state index is -4.52. The first-order valence-corrected chi connectivity index (χ1v) is 9.82. The van der Waals surface area contributed by atoms with Crippen LogP contribution in [0, 0.1) is 6.92 Å². The molecule has 2 heterocycles. The van der Waals surface area contributed by atoms with E-state index in [1.165, 1.54) is 23.5 Å². The number of nitrogens with one attached hydrogen (secondary N) is 1. The molecular weight excluding hydrogens is 413 g/mol. The van der Waals surface area contributed by atoms with Gasteiger partial charge in [0.1, 0.15) is 5.70 Å². The van der Waals surface area contributed by atoms with Gasteiger partial charge in [-0.3, -0.25) is 9.59 Å². The SMILES string of the molecule is Cc1ccccc1N1C(=O)C(Nc2cccc(C(F)(F)F)c2)=C(c2cccs2)C1=O. The van der Waals surface area contributed by atoms with E-state index in [0.717, 1.165) is 22.6 Å². The summed E-state index contributed by atoms with van der Waals surface area (Å²) < 4.78 is 39.2. The van der Waals surface area contributed by atoms with Crippen molar-refractivity contribution in [3.05, 3.63) is 87.7 Å². The molecule has 0 aliphatic carbocycles. The molecule has 1 aliphatic heterocycles. The van der Waals surface area contributed by atoms with Gasteiger partial charge in [-0.2, -0.15) is 13.2 Å². The number of thiophene rings is 1. The molecule has 0 radical (unpaired) electrons. The number of hydrogen-bond acceptors (Lipinski definition) is 4. The summed E-state index contributed by atoms with van der Waals surface area (Å²) in [7, 11) is 0. The molecule has 3 aromatic rings. The Morgan fingerprint density at radius 3 is 2.37 bits per heavy atom. The Kier molecular flexibility index (Phi) is 4.95. The van der Waals surface area contributed by atoms with Gasteiger partial charge >= 0.3 is 6.18 Å². The Balaban J connectivity index is 1.80. The van der Waals surface area contributed by atoms with Crippen LogP contribution < -0.4 is 10.2 Å². The highest BCUT2D eigenvalue weighted by molar-refractivity contribution is 7.11. The van der Waals surface area contributed by atoms with E-state index in [9.17, 15) is 22.8 Å². The average molecular weight is 428 g/mol. The molecule has 1 aliphatic rings. The van der Waals surface area contributed by atoms with E-state index in [4.69, 9.17) is 0 Å². The van der Waals surface area contributed by atoms with Crippen LogP contribution in [-0.4, -0.2) is 11.8 Å². The molecule has 0 saturated heterocycles. The van der Waals surface area contributed by atoms with Crippen molar-refractivity contribution < 1.29 is 22.8 Å².